The zero-order chi connectivity index (χ0) is 14.5. The summed E-state index contributed by atoms with van der Waals surface area (Å²) >= 11 is 0. The average Bonchev–Trinajstić information content (AvgIpc) is 2.72. The van der Waals surface area contributed by atoms with Crippen molar-refractivity contribution in [1.29, 1.82) is 0 Å². The van der Waals surface area contributed by atoms with Crippen LogP contribution in [0.15, 0.2) is 0 Å². The lowest BCUT2D eigenvalue weighted by atomic mass is 10.1. The van der Waals surface area contributed by atoms with E-state index in [2.05, 4.69) is 4.90 Å². The molecule has 1 saturated heterocycles. The lowest BCUT2D eigenvalue weighted by molar-refractivity contribution is 0.158. The number of hydrogen-bond acceptors (Lipinski definition) is 4. The van der Waals surface area contributed by atoms with Crippen LogP contribution in [0.2, 0.25) is 0 Å². The minimum atomic E-state index is -3.09. The van der Waals surface area contributed by atoms with Crippen LogP contribution < -0.4 is 0 Å². The zero-order valence-electron chi connectivity index (χ0n) is 12.6. The van der Waals surface area contributed by atoms with Gasteiger partial charge in [-0.15, -0.1) is 0 Å². The highest BCUT2D eigenvalue weighted by atomic mass is 32.2. The molecule has 1 atom stereocenters. The molecular weight excluding hydrogens is 264 g/mol. The van der Waals surface area contributed by atoms with Gasteiger partial charge >= 0.3 is 0 Å². The highest BCUT2D eigenvalue weighted by Gasteiger charge is 2.27. The van der Waals surface area contributed by atoms with Crippen molar-refractivity contribution in [1.82, 2.24) is 9.21 Å². The van der Waals surface area contributed by atoms with Crippen LogP contribution in [-0.2, 0) is 14.8 Å². The maximum absolute atomic E-state index is 12.1. The van der Waals surface area contributed by atoms with Gasteiger partial charge in [0.1, 0.15) is 0 Å². The first kappa shape index (κ1) is 16.9. The first-order valence-electron chi connectivity index (χ1n) is 7.00. The Morgan fingerprint density at radius 3 is 2.68 bits per heavy atom. The normalized spacial score (nSPS) is 21.7. The van der Waals surface area contributed by atoms with Crippen LogP contribution in [0.4, 0.5) is 0 Å². The number of sulfonamides is 1. The number of rotatable bonds is 8. The third kappa shape index (κ3) is 5.77. The number of likely N-dealkylation sites (tertiary alicyclic amines) is 1. The maximum Gasteiger partial charge on any atom is 0.214 e. The molecule has 1 heterocycles. The van der Waals surface area contributed by atoms with E-state index in [0.717, 1.165) is 32.7 Å². The Labute approximate surface area is 118 Å². The van der Waals surface area contributed by atoms with Crippen molar-refractivity contribution in [3.8, 4) is 0 Å². The molecule has 5 nitrogen and oxygen atoms in total. The van der Waals surface area contributed by atoms with Gasteiger partial charge in [0.15, 0.2) is 0 Å². The average molecular weight is 292 g/mol. The van der Waals surface area contributed by atoms with E-state index in [4.69, 9.17) is 4.74 Å². The number of hydrogen-bond donors (Lipinski definition) is 0. The van der Waals surface area contributed by atoms with Crippen molar-refractivity contribution < 1.29 is 13.2 Å². The molecule has 1 fully saturated rings. The Morgan fingerprint density at radius 1 is 1.42 bits per heavy atom. The summed E-state index contributed by atoms with van der Waals surface area (Å²) in [6.45, 7) is 8.22. The van der Waals surface area contributed by atoms with Crippen LogP contribution in [0, 0.1) is 11.8 Å². The largest absolute Gasteiger partial charge is 0.383 e. The van der Waals surface area contributed by atoms with Crippen molar-refractivity contribution in [3.63, 3.8) is 0 Å². The smallest absolute Gasteiger partial charge is 0.214 e. The molecule has 19 heavy (non-hydrogen) atoms. The summed E-state index contributed by atoms with van der Waals surface area (Å²) in [6.07, 6.45) is 1.07. The molecule has 0 amide bonds. The molecule has 0 bridgehead atoms. The standard InChI is InChI=1S/C13H28N2O3S/c1-12(2)11-19(16,17)14(3)9-13-5-6-15(10-13)7-8-18-4/h12-13H,5-11H2,1-4H3/t13-/m0/s1. The quantitative estimate of drug-likeness (QED) is 0.666. The molecule has 0 aromatic rings. The molecule has 1 aliphatic rings. The molecule has 0 aliphatic carbocycles. The lowest BCUT2D eigenvalue weighted by Gasteiger charge is -2.22. The van der Waals surface area contributed by atoms with E-state index >= 15 is 0 Å². The summed E-state index contributed by atoms with van der Waals surface area (Å²) in [4.78, 5) is 2.34. The summed E-state index contributed by atoms with van der Waals surface area (Å²) in [6, 6.07) is 0. The summed E-state index contributed by atoms with van der Waals surface area (Å²) in [7, 11) is 0.321. The summed E-state index contributed by atoms with van der Waals surface area (Å²) in [5.41, 5.74) is 0. The van der Waals surface area contributed by atoms with Crippen LogP contribution >= 0.6 is 0 Å². The molecule has 0 unspecified atom stereocenters. The van der Waals surface area contributed by atoms with E-state index in [9.17, 15) is 8.42 Å². The maximum atomic E-state index is 12.1. The number of methoxy groups -OCH3 is 1. The predicted molar refractivity (Wildman–Crippen MR) is 77.7 cm³/mol. The Balaban J connectivity index is 2.39. The monoisotopic (exact) mass is 292 g/mol. The van der Waals surface area contributed by atoms with Gasteiger partial charge in [0, 0.05) is 33.8 Å². The summed E-state index contributed by atoms with van der Waals surface area (Å²) in [5, 5.41) is 0. The molecule has 6 heteroatoms. The third-order valence-corrected chi connectivity index (χ3v) is 5.70. The zero-order valence-corrected chi connectivity index (χ0v) is 13.4. The van der Waals surface area contributed by atoms with Gasteiger partial charge in [-0.2, -0.15) is 0 Å². The summed E-state index contributed by atoms with van der Waals surface area (Å²) < 4.78 is 30.8. The molecule has 0 saturated carbocycles. The van der Waals surface area contributed by atoms with E-state index < -0.39 is 10.0 Å². The Hall–Kier alpha value is -0.170. The topological polar surface area (TPSA) is 49.9 Å². The first-order chi connectivity index (χ1) is 8.85. The van der Waals surface area contributed by atoms with Crippen LogP contribution in [0.5, 0.6) is 0 Å². The van der Waals surface area contributed by atoms with Gasteiger partial charge in [-0.3, -0.25) is 0 Å². The van der Waals surface area contributed by atoms with Gasteiger partial charge in [0.05, 0.1) is 12.4 Å². The molecular formula is C13H28N2O3S. The van der Waals surface area contributed by atoms with Crippen LogP contribution in [0.3, 0.4) is 0 Å². The Morgan fingerprint density at radius 2 is 2.11 bits per heavy atom. The number of ether oxygens (including phenoxy) is 1. The Kier molecular flexibility index (Phi) is 6.73. The second-order valence-electron chi connectivity index (χ2n) is 5.90. The van der Waals surface area contributed by atoms with Crippen molar-refractivity contribution in [2.75, 3.05) is 52.7 Å². The van der Waals surface area contributed by atoms with E-state index in [1.807, 2.05) is 13.8 Å². The molecule has 0 spiro atoms. The number of nitrogens with zero attached hydrogens (tertiary/aromatic N) is 2. The Bertz CT molecular complexity index is 357. The third-order valence-electron chi connectivity index (χ3n) is 3.52. The molecule has 1 rings (SSSR count). The molecule has 0 N–H and O–H groups in total. The van der Waals surface area contributed by atoms with Crippen LogP contribution in [0.1, 0.15) is 20.3 Å². The molecule has 0 aromatic carbocycles. The highest BCUT2D eigenvalue weighted by molar-refractivity contribution is 7.89. The molecule has 1 aliphatic heterocycles. The minimum Gasteiger partial charge on any atom is -0.383 e. The van der Waals surface area contributed by atoms with Crippen molar-refractivity contribution in [3.05, 3.63) is 0 Å². The van der Waals surface area contributed by atoms with Gasteiger partial charge in [-0.05, 0) is 24.8 Å². The molecule has 114 valence electrons. The second-order valence-corrected chi connectivity index (χ2v) is 8.02. The van der Waals surface area contributed by atoms with E-state index in [0.29, 0.717) is 12.5 Å². The van der Waals surface area contributed by atoms with Gasteiger partial charge in [-0.25, -0.2) is 12.7 Å². The van der Waals surface area contributed by atoms with Crippen molar-refractivity contribution >= 4 is 10.0 Å². The SMILES string of the molecule is COCCN1CC[C@@H](CN(C)S(=O)(=O)CC(C)C)C1. The van der Waals surface area contributed by atoms with E-state index in [-0.39, 0.29) is 11.7 Å². The molecule has 0 aromatic heterocycles. The van der Waals surface area contributed by atoms with Gasteiger partial charge in [0.25, 0.3) is 0 Å². The fraction of sp³-hybridized carbons (Fsp3) is 1.00. The van der Waals surface area contributed by atoms with Crippen molar-refractivity contribution in [2.24, 2.45) is 11.8 Å². The van der Waals surface area contributed by atoms with E-state index in [1.165, 1.54) is 4.31 Å². The highest BCUT2D eigenvalue weighted by Crippen LogP contribution is 2.18. The predicted octanol–water partition coefficient (Wildman–Crippen LogP) is 0.872. The van der Waals surface area contributed by atoms with Crippen LogP contribution in [-0.4, -0.2) is 70.3 Å². The van der Waals surface area contributed by atoms with Gasteiger partial charge in [0.2, 0.25) is 10.0 Å². The lowest BCUT2D eigenvalue weighted by Crippen LogP contribution is -2.36. The fourth-order valence-corrected chi connectivity index (χ4v) is 4.05. The fourth-order valence-electron chi connectivity index (χ4n) is 2.51. The minimum absolute atomic E-state index is 0.175. The molecule has 0 radical (unpaired) electrons. The van der Waals surface area contributed by atoms with Gasteiger partial charge < -0.3 is 9.64 Å². The second kappa shape index (κ2) is 7.57. The summed E-state index contributed by atoms with van der Waals surface area (Å²) in [5.74, 6) is 0.863. The van der Waals surface area contributed by atoms with Crippen LogP contribution in [0.25, 0.3) is 0 Å². The van der Waals surface area contributed by atoms with Gasteiger partial charge in [-0.1, -0.05) is 13.8 Å². The first-order valence-corrected chi connectivity index (χ1v) is 8.61. The van der Waals surface area contributed by atoms with E-state index in [1.54, 1.807) is 14.2 Å². The van der Waals surface area contributed by atoms with Crippen molar-refractivity contribution in [2.45, 2.75) is 20.3 Å².